The van der Waals surface area contributed by atoms with Gasteiger partial charge >= 0.3 is 5.97 Å². The summed E-state index contributed by atoms with van der Waals surface area (Å²) < 4.78 is 22.4. The molecule has 7 nitrogen and oxygen atoms in total. The van der Waals surface area contributed by atoms with E-state index in [0.29, 0.717) is 41.3 Å². The van der Waals surface area contributed by atoms with Crippen LogP contribution < -0.4 is 20.5 Å². The number of hydrogen-bond acceptors (Lipinski definition) is 5. The molecule has 1 aromatic carbocycles. The molecule has 0 amide bonds. The number of nitrogens with one attached hydrogen (secondary N) is 1. The molecule has 8 heteroatoms. The summed E-state index contributed by atoms with van der Waals surface area (Å²) >= 11 is 0. The fourth-order valence-corrected chi connectivity index (χ4v) is 4.21. The van der Waals surface area contributed by atoms with Gasteiger partial charge in [0.1, 0.15) is 17.9 Å². The summed E-state index contributed by atoms with van der Waals surface area (Å²) in [6.07, 6.45) is 0.943. The van der Waals surface area contributed by atoms with E-state index in [0.717, 1.165) is 13.0 Å². The molecule has 0 bridgehead atoms. The minimum absolute atomic E-state index is 0.190. The Bertz CT molecular complexity index is 987. The van der Waals surface area contributed by atoms with E-state index >= 15 is 4.39 Å². The molecule has 2 atom stereocenters. The van der Waals surface area contributed by atoms with Gasteiger partial charge in [0, 0.05) is 18.5 Å². The molecule has 0 spiro atoms. The van der Waals surface area contributed by atoms with Crippen LogP contribution in [0.4, 0.5) is 10.1 Å². The maximum atomic E-state index is 15.0. The number of anilines is 1. The third-order valence-electron chi connectivity index (χ3n) is 5.44. The highest BCUT2D eigenvalue weighted by Gasteiger charge is 2.32. The SMILES string of the molecule is CNC[C@@H]1CCN(c2c(F)cc3cc(C(=O)O)c(=O)n4c3c2OC[C@@H]4C)C1. The van der Waals surface area contributed by atoms with Crippen molar-refractivity contribution in [3.05, 3.63) is 33.9 Å². The summed E-state index contributed by atoms with van der Waals surface area (Å²) in [7, 11) is 1.90. The van der Waals surface area contributed by atoms with E-state index in [4.69, 9.17) is 4.74 Å². The van der Waals surface area contributed by atoms with E-state index in [1.54, 1.807) is 6.92 Å². The van der Waals surface area contributed by atoms with E-state index in [-0.39, 0.29) is 18.2 Å². The zero-order chi connectivity index (χ0) is 19.3. The molecule has 1 aromatic heterocycles. The number of ether oxygens (including phenoxy) is 1. The summed E-state index contributed by atoms with van der Waals surface area (Å²) in [5, 5.41) is 12.9. The number of carboxylic acid groups (broad SMARTS) is 1. The molecule has 2 aliphatic rings. The first kappa shape index (κ1) is 17.8. The summed E-state index contributed by atoms with van der Waals surface area (Å²) in [5.41, 5.74) is -0.106. The van der Waals surface area contributed by atoms with Crippen LogP contribution in [0.5, 0.6) is 5.75 Å². The molecule has 0 aliphatic carbocycles. The zero-order valence-electron chi connectivity index (χ0n) is 15.3. The Labute approximate surface area is 155 Å². The van der Waals surface area contributed by atoms with Crippen molar-refractivity contribution < 1.29 is 19.0 Å². The Hall–Kier alpha value is -2.61. The van der Waals surface area contributed by atoms with Gasteiger partial charge in [0.05, 0.1) is 11.6 Å². The van der Waals surface area contributed by atoms with E-state index in [1.165, 1.54) is 16.7 Å². The second-order valence-electron chi connectivity index (χ2n) is 7.33. The fraction of sp³-hybridized carbons (Fsp3) is 0.474. The Morgan fingerprint density at radius 3 is 2.93 bits per heavy atom. The van der Waals surface area contributed by atoms with Crippen molar-refractivity contribution in [3.63, 3.8) is 0 Å². The molecule has 0 radical (unpaired) electrons. The van der Waals surface area contributed by atoms with Crippen molar-refractivity contribution >= 4 is 22.6 Å². The first-order valence-electron chi connectivity index (χ1n) is 9.09. The van der Waals surface area contributed by atoms with Crippen molar-refractivity contribution in [2.45, 2.75) is 19.4 Å². The number of carbonyl (C=O) groups is 1. The summed E-state index contributed by atoms with van der Waals surface area (Å²) in [6.45, 7) is 4.24. The third-order valence-corrected chi connectivity index (χ3v) is 5.44. The van der Waals surface area contributed by atoms with Gasteiger partial charge in [-0.15, -0.1) is 0 Å². The first-order chi connectivity index (χ1) is 12.9. The maximum Gasteiger partial charge on any atom is 0.341 e. The van der Waals surface area contributed by atoms with Crippen molar-refractivity contribution in [2.75, 3.05) is 38.2 Å². The average molecular weight is 375 g/mol. The molecule has 2 aromatic rings. The van der Waals surface area contributed by atoms with Crippen molar-refractivity contribution in [3.8, 4) is 5.75 Å². The maximum absolute atomic E-state index is 15.0. The van der Waals surface area contributed by atoms with E-state index in [9.17, 15) is 14.7 Å². The minimum Gasteiger partial charge on any atom is -0.487 e. The van der Waals surface area contributed by atoms with Gasteiger partial charge in [-0.1, -0.05) is 0 Å². The van der Waals surface area contributed by atoms with Crippen LogP contribution in [0, 0.1) is 11.7 Å². The van der Waals surface area contributed by atoms with Gasteiger partial charge in [-0.2, -0.15) is 0 Å². The van der Waals surface area contributed by atoms with Gasteiger partial charge in [0.25, 0.3) is 5.56 Å². The largest absolute Gasteiger partial charge is 0.487 e. The lowest BCUT2D eigenvalue weighted by Gasteiger charge is -2.31. The summed E-state index contributed by atoms with van der Waals surface area (Å²) in [6, 6.07) is 2.21. The normalized spacial score (nSPS) is 21.5. The molecule has 2 aliphatic heterocycles. The van der Waals surface area contributed by atoms with Crippen molar-refractivity contribution in [1.29, 1.82) is 0 Å². The second kappa shape index (κ2) is 6.53. The van der Waals surface area contributed by atoms with Crippen LogP contribution in [0.15, 0.2) is 16.9 Å². The van der Waals surface area contributed by atoms with Crippen LogP contribution in [-0.2, 0) is 0 Å². The highest BCUT2D eigenvalue weighted by molar-refractivity contribution is 5.97. The van der Waals surface area contributed by atoms with E-state index in [1.807, 2.05) is 11.9 Å². The van der Waals surface area contributed by atoms with Crippen LogP contribution >= 0.6 is 0 Å². The number of halogens is 1. The van der Waals surface area contributed by atoms with E-state index < -0.39 is 17.3 Å². The molecule has 1 fully saturated rings. The number of benzene rings is 1. The van der Waals surface area contributed by atoms with Crippen LogP contribution in [0.2, 0.25) is 0 Å². The van der Waals surface area contributed by atoms with Gasteiger partial charge in [0.2, 0.25) is 0 Å². The average Bonchev–Trinajstić information content (AvgIpc) is 3.07. The van der Waals surface area contributed by atoms with Crippen molar-refractivity contribution in [1.82, 2.24) is 9.88 Å². The Kier molecular flexibility index (Phi) is 4.30. The molecule has 144 valence electrons. The zero-order valence-corrected chi connectivity index (χ0v) is 15.3. The lowest BCUT2D eigenvalue weighted by Crippen LogP contribution is -2.35. The molecule has 3 heterocycles. The molecule has 0 unspecified atom stereocenters. The summed E-state index contributed by atoms with van der Waals surface area (Å²) in [4.78, 5) is 26.1. The van der Waals surface area contributed by atoms with E-state index in [2.05, 4.69) is 5.32 Å². The number of rotatable bonds is 4. The first-order valence-corrected chi connectivity index (χ1v) is 9.09. The number of nitrogens with zero attached hydrogens (tertiary/aromatic N) is 2. The number of aromatic nitrogens is 1. The van der Waals surface area contributed by atoms with Crippen molar-refractivity contribution in [2.24, 2.45) is 5.92 Å². The standard InChI is InChI=1S/C19H22FN3O4/c1-10-9-27-17-15-12(5-13(19(25)26)18(24)23(10)15)6-14(20)16(17)22-4-3-11(8-22)7-21-2/h5-6,10-11,21H,3-4,7-9H2,1-2H3,(H,25,26)/t10-,11-/m0/s1. The fourth-order valence-electron chi connectivity index (χ4n) is 4.21. The lowest BCUT2D eigenvalue weighted by atomic mass is 10.1. The Morgan fingerprint density at radius 2 is 2.22 bits per heavy atom. The number of aromatic carboxylic acids is 1. The number of carboxylic acids is 1. The highest BCUT2D eigenvalue weighted by Crippen LogP contribution is 2.43. The predicted molar refractivity (Wildman–Crippen MR) is 99.6 cm³/mol. The Morgan fingerprint density at radius 1 is 1.44 bits per heavy atom. The van der Waals surface area contributed by atoms with Gasteiger partial charge in [-0.3, -0.25) is 9.36 Å². The molecule has 1 saturated heterocycles. The van der Waals surface area contributed by atoms with Gasteiger partial charge < -0.3 is 20.1 Å². The second-order valence-corrected chi connectivity index (χ2v) is 7.33. The molecule has 27 heavy (non-hydrogen) atoms. The van der Waals surface area contributed by atoms with Gasteiger partial charge in [-0.25, -0.2) is 9.18 Å². The lowest BCUT2D eigenvalue weighted by molar-refractivity contribution is 0.0694. The summed E-state index contributed by atoms with van der Waals surface area (Å²) in [5.74, 6) is -1.03. The molecule has 0 saturated carbocycles. The smallest absolute Gasteiger partial charge is 0.341 e. The van der Waals surface area contributed by atoms with Crippen LogP contribution in [-0.4, -0.2) is 48.9 Å². The third kappa shape index (κ3) is 2.75. The Balaban J connectivity index is 1.94. The minimum atomic E-state index is -1.31. The van der Waals surface area contributed by atoms with Gasteiger partial charge in [0.15, 0.2) is 11.6 Å². The van der Waals surface area contributed by atoms with Crippen LogP contribution in [0.3, 0.4) is 0 Å². The van der Waals surface area contributed by atoms with Gasteiger partial charge in [-0.05, 0) is 45.0 Å². The predicted octanol–water partition coefficient (Wildman–Crippen LogP) is 1.84. The molecule has 2 N–H and O–H groups in total. The molecular weight excluding hydrogens is 353 g/mol. The molecule has 4 rings (SSSR count). The highest BCUT2D eigenvalue weighted by atomic mass is 19.1. The topological polar surface area (TPSA) is 83.8 Å². The number of pyridine rings is 1. The monoisotopic (exact) mass is 375 g/mol. The quantitative estimate of drug-likeness (QED) is 0.848. The molecular formula is C19H22FN3O4. The van der Waals surface area contributed by atoms with Crippen LogP contribution in [0.1, 0.15) is 29.7 Å². The number of hydrogen-bond donors (Lipinski definition) is 2. The van der Waals surface area contributed by atoms with Crippen LogP contribution in [0.25, 0.3) is 10.9 Å².